The molecular formula is C28H30O11S2. The van der Waals surface area contributed by atoms with E-state index in [2.05, 4.69) is 0 Å². The van der Waals surface area contributed by atoms with Crippen LogP contribution in [0.25, 0.3) is 0 Å². The Kier molecular flexibility index (Phi) is 9.47. The molecule has 0 aliphatic carbocycles. The molecule has 0 spiro atoms. The highest BCUT2D eigenvalue weighted by Crippen LogP contribution is 2.31. The van der Waals surface area contributed by atoms with Crippen LogP contribution in [0.2, 0.25) is 0 Å². The van der Waals surface area contributed by atoms with Gasteiger partial charge in [-0.1, -0.05) is 35.4 Å². The van der Waals surface area contributed by atoms with Gasteiger partial charge < -0.3 is 18.9 Å². The number of hydrogen-bond acceptors (Lipinski definition) is 11. The second-order valence-corrected chi connectivity index (χ2v) is 12.4. The van der Waals surface area contributed by atoms with Gasteiger partial charge in [-0.25, -0.2) is 4.79 Å². The average molecular weight is 607 g/mol. The molecule has 1 saturated heterocycles. The molecule has 1 heterocycles. The molecule has 1 aliphatic heterocycles. The van der Waals surface area contributed by atoms with Crippen LogP contribution in [-0.4, -0.2) is 68.2 Å². The van der Waals surface area contributed by atoms with Crippen molar-refractivity contribution < 1.29 is 48.9 Å². The molecule has 4 atom stereocenters. The van der Waals surface area contributed by atoms with E-state index < -0.39 is 57.4 Å². The molecule has 0 aromatic heterocycles. The van der Waals surface area contributed by atoms with E-state index in [9.17, 15) is 21.6 Å². The number of carbonyl (C=O) groups excluding carboxylic acids is 1. The Morgan fingerprint density at radius 2 is 1.24 bits per heavy atom. The number of ether oxygens (including phenoxy) is 4. The summed E-state index contributed by atoms with van der Waals surface area (Å²) in [6, 6.07) is 17.7. The lowest BCUT2D eigenvalue weighted by Crippen LogP contribution is -2.58. The van der Waals surface area contributed by atoms with Gasteiger partial charge in [0.2, 0.25) is 0 Å². The largest absolute Gasteiger partial charge is 0.497 e. The van der Waals surface area contributed by atoms with Gasteiger partial charge in [0.05, 0.1) is 29.1 Å². The van der Waals surface area contributed by atoms with Crippen molar-refractivity contribution in [2.45, 2.75) is 48.2 Å². The van der Waals surface area contributed by atoms with Gasteiger partial charge in [0.25, 0.3) is 20.2 Å². The monoisotopic (exact) mass is 606 g/mol. The Bertz CT molecular complexity index is 1550. The van der Waals surface area contributed by atoms with Crippen LogP contribution in [0.4, 0.5) is 0 Å². The number of carbonyl (C=O) groups is 1. The SMILES string of the molecule is COc1ccc(C(=O)O[C@H]2[C@H](OC)OC[C@H](OS(=O)(=O)c3ccc(C)cc3)[C@H]2OS(=O)(=O)c2ccc(C)cc2)cc1. The first-order valence-electron chi connectivity index (χ1n) is 12.4. The molecule has 3 aromatic rings. The first-order valence-corrected chi connectivity index (χ1v) is 15.2. The Labute approximate surface area is 239 Å². The van der Waals surface area contributed by atoms with Crippen molar-refractivity contribution >= 4 is 26.2 Å². The van der Waals surface area contributed by atoms with Crippen LogP contribution in [-0.2, 0) is 42.8 Å². The van der Waals surface area contributed by atoms with Crippen molar-refractivity contribution in [1.29, 1.82) is 0 Å². The molecular weight excluding hydrogens is 576 g/mol. The van der Waals surface area contributed by atoms with Crippen LogP contribution < -0.4 is 4.74 Å². The van der Waals surface area contributed by atoms with Gasteiger partial charge in [0.1, 0.15) is 18.0 Å². The molecule has 1 fully saturated rings. The predicted octanol–water partition coefficient (Wildman–Crippen LogP) is 3.39. The maximum absolute atomic E-state index is 13.3. The quantitative estimate of drug-likeness (QED) is 0.248. The lowest BCUT2D eigenvalue weighted by atomic mass is 10.1. The molecule has 0 saturated carbocycles. The minimum Gasteiger partial charge on any atom is -0.497 e. The third-order valence-electron chi connectivity index (χ3n) is 6.29. The molecule has 0 radical (unpaired) electrons. The van der Waals surface area contributed by atoms with Crippen LogP contribution in [0.5, 0.6) is 5.75 Å². The normalized spacial score (nSPS) is 21.3. The van der Waals surface area contributed by atoms with Crippen molar-refractivity contribution in [1.82, 2.24) is 0 Å². The molecule has 11 nitrogen and oxygen atoms in total. The Balaban J connectivity index is 1.70. The van der Waals surface area contributed by atoms with E-state index >= 15 is 0 Å². The zero-order chi connectivity index (χ0) is 29.8. The average Bonchev–Trinajstić information content (AvgIpc) is 2.95. The summed E-state index contributed by atoms with van der Waals surface area (Å²) >= 11 is 0. The van der Waals surface area contributed by atoms with E-state index in [1.165, 1.54) is 62.8 Å². The van der Waals surface area contributed by atoms with E-state index in [4.69, 9.17) is 27.3 Å². The third kappa shape index (κ3) is 7.31. The zero-order valence-corrected chi connectivity index (χ0v) is 24.4. The molecule has 220 valence electrons. The molecule has 0 amide bonds. The fraction of sp³-hybridized carbons (Fsp3) is 0.321. The lowest BCUT2D eigenvalue weighted by molar-refractivity contribution is -0.251. The lowest BCUT2D eigenvalue weighted by Gasteiger charge is -2.39. The van der Waals surface area contributed by atoms with Crippen molar-refractivity contribution in [3.05, 3.63) is 89.5 Å². The summed E-state index contributed by atoms with van der Waals surface area (Å²) in [5.74, 6) is -0.371. The first kappa shape index (κ1) is 30.6. The summed E-state index contributed by atoms with van der Waals surface area (Å²) in [6.07, 6.45) is -6.08. The summed E-state index contributed by atoms with van der Waals surface area (Å²) in [5.41, 5.74) is 1.74. The minimum absolute atomic E-state index is 0.108. The molecule has 3 aromatic carbocycles. The van der Waals surface area contributed by atoms with Crippen LogP contribution in [0.1, 0.15) is 21.5 Å². The smallest absolute Gasteiger partial charge is 0.338 e. The summed E-state index contributed by atoms with van der Waals surface area (Å²) in [7, 11) is -6.20. The molecule has 41 heavy (non-hydrogen) atoms. The van der Waals surface area contributed by atoms with Gasteiger partial charge in [-0.05, 0) is 62.4 Å². The van der Waals surface area contributed by atoms with E-state index in [-0.39, 0.29) is 15.4 Å². The number of hydrogen-bond donors (Lipinski definition) is 0. The summed E-state index contributed by atoms with van der Waals surface area (Å²) in [6.45, 7) is 3.13. The van der Waals surface area contributed by atoms with Crippen LogP contribution >= 0.6 is 0 Å². The van der Waals surface area contributed by atoms with Crippen molar-refractivity contribution in [2.75, 3.05) is 20.8 Å². The highest BCUT2D eigenvalue weighted by Gasteiger charge is 2.49. The maximum atomic E-state index is 13.3. The Morgan fingerprint density at radius 3 is 1.73 bits per heavy atom. The maximum Gasteiger partial charge on any atom is 0.338 e. The van der Waals surface area contributed by atoms with Crippen LogP contribution in [0, 0.1) is 13.8 Å². The molecule has 0 unspecified atom stereocenters. The second kappa shape index (κ2) is 12.7. The summed E-state index contributed by atoms with van der Waals surface area (Å²) < 4.78 is 85.7. The minimum atomic E-state index is -4.50. The number of esters is 1. The molecule has 0 bridgehead atoms. The zero-order valence-electron chi connectivity index (χ0n) is 22.8. The van der Waals surface area contributed by atoms with Crippen LogP contribution in [0.15, 0.2) is 82.6 Å². The van der Waals surface area contributed by atoms with Crippen molar-refractivity contribution in [2.24, 2.45) is 0 Å². The standard InChI is InChI=1S/C28H30O11S2/c1-18-5-13-22(14-6-18)40(30,31)38-24-17-36-28(35-4)26(37-27(29)20-9-11-21(34-3)12-10-20)25(24)39-41(32,33)23-15-7-19(2)8-16-23/h5-16,24-26,28H,17H2,1-4H3/t24-,25+,26+,28+/m0/s1. The van der Waals surface area contributed by atoms with Gasteiger partial charge in [-0.2, -0.15) is 16.8 Å². The Hall–Kier alpha value is -3.33. The number of methoxy groups -OCH3 is 2. The van der Waals surface area contributed by atoms with Gasteiger partial charge >= 0.3 is 5.97 Å². The number of rotatable bonds is 10. The van der Waals surface area contributed by atoms with E-state index in [1.807, 2.05) is 0 Å². The molecule has 4 rings (SSSR count). The predicted molar refractivity (Wildman–Crippen MR) is 145 cm³/mol. The second-order valence-electron chi connectivity index (χ2n) is 9.27. The van der Waals surface area contributed by atoms with E-state index in [1.54, 1.807) is 38.1 Å². The highest BCUT2D eigenvalue weighted by molar-refractivity contribution is 7.87. The van der Waals surface area contributed by atoms with Gasteiger partial charge in [0.15, 0.2) is 12.4 Å². The molecule has 1 aliphatic rings. The molecule has 0 N–H and O–H groups in total. The van der Waals surface area contributed by atoms with E-state index in [0.717, 1.165) is 11.1 Å². The number of benzene rings is 3. The highest BCUT2D eigenvalue weighted by atomic mass is 32.2. The fourth-order valence-corrected chi connectivity index (χ4v) is 6.20. The van der Waals surface area contributed by atoms with Gasteiger partial charge in [0, 0.05) is 7.11 Å². The topological polar surface area (TPSA) is 141 Å². The van der Waals surface area contributed by atoms with Crippen molar-refractivity contribution in [3.8, 4) is 5.75 Å². The molecule has 13 heteroatoms. The number of aryl methyl sites for hydroxylation is 2. The third-order valence-corrected chi connectivity index (χ3v) is 8.97. The van der Waals surface area contributed by atoms with Gasteiger partial charge in [-0.3, -0.25) is 8.37 Å². The van der Waals surface area contributed by atoms with Crippen molar-refractivity contribution in [3.63, 3.8) is 0 Å². The Morgan fingerprint density at radius 1 is 0.732 bits per heavy atom. The van der Waals surface area contributed by atoms with E-state index in [0.29, 0.717) is 5.75 Å². The summed E-state index contributed by atoms with van der Waals surface area (Å²) in [4.78, 5) is 12.7. The van der Waals surface area contributed by atoms with Gasteiger partial charge in [-0.15, -0.1) is 0 Å². The first-order chi connectivity index (χ1) is 19.4. The summed E-state index contributed by atoms with van der Waals surface area (Å²) in [5, 5.41) is 0. The van der Waals surface area contributed by atoms with Crippen LogP contribution in [0.3, 0.4) is 0 Å². The fourth-order valence-electron chi connectivity index (χ4n) is 4.02.